The van der Waals surface area contributed by atoms with Crippen molar-refractivity contribution in [2.45, 2.75) is 32.8 Å². The first-order chi connectivity index (χ1) is 9.09. The van der Waals surface area contributed by atoms with Crippen molar-refractivity contribution >= 4 is 27.3 Å². The van der Waals surface area contributed by atoms with Crippen LogP contribution in [-0.2, 0) is 10.3 Å². The quantitative estimate of drug-likeness (QED) is 0.743. The molecule has 1 unspecified atom stereocenters. The summed E-state index contributed by atoms with van der Waals surface area (Å²) in [7, 11) is 0. The number of hydrogen-bond donors (Lipinski definition) is 0. The number of rotatable bonds is 5. The van der Waals surface area contributed by atoms with Crippen LogP contribution in [-0.4, -0.2) is 11.6 Å². The van der Waals surface area contributed by atoms with Crippen LogP contribution in [0, 0.1) is 0 Å². The van der Waals surface area contributed by atoms with Gasteiger partial charge >= 0.3 is 0 Å². The topological polar surface area (TPSA) is 22.1 Å². The van der Waals surface area contributed by atoms with Crippen molar-refractivity contribution in [3.05, 3.63) is 39.1 Å². The van der Waals surface area contributed by atoms with Crippen molar-refractivity contribution in [1.29, 1.82) is 0 Å². The SMILES string of the molecule is CCOC(C)(CC)c1nc(-c2cccc(Br)c2)cs1. The standard InChI is InChI=1S/C15H18BrNOS/c1-4-15(3,18-5-2)14-17-13(10-19-14)11-7-6-8-12(16)9-11/h6-10H,4-5H2,1-3H3. The van der Waals surface area contributed by atoms with Crippen molar-refractivity contribution < 1.29 is 4.74 Å². The number of aromatic nitrogens is 1. The van der Waals surface area contributed by atoms with E-state index in [2.05, 4.69) is 47.3 Å². The fraction of sp³-hybridized carbons (Fsp3) is 0.400. The molecule has 0 aliphatic heterocycles. The van der Waals surface area contributed by atoms with Gasteiger partial charge in [-0.1, -0.05) is 35.0 Å². The highest BCUT2D eigenvalue weighted by molar-refractivity contribution is 9.10. The third kappa shape index (κ3) is 3.25. The average molecular weight is 340 g/mol. The summed E-state index contributed by atoms with van der Waals surface area (Å²) < 4.78 is 6.95. The highest BCUT2D eigenvalue weighted by atomic mass is 79.9. The van der Waals surface area contributed by atoms with Gasteiger partial charge in [-0.3, -0.25) is 0 Å². The zero-order valence-corrected chi connectivity index (χ0v) is 13.8. The first-order valence-corrected chi connectivity index (χ1v) is 8.12. The molecule has 0 aliphatic rings. The summed E-state index contributed by atoms with van der Waals surface area (Å²) in [4.78, 5) is 4.76. The van der Waals surface area contributed by atoms with Crippen LogP contribution < -0.4 is 0 Å². The second-order valence-corrected chi connectivity index (χ2v) is 6.34. The smallest absolute Gasteiger partial charge is 0.125 e. The molecule has 1 heterocycles. The fourth-order valence-electron chi connectivity index (χ4n) is 1.93. The molecule has 0 radical (unpaired) electrons. The summed E-state index contributed by atoms with van der Waals surface area (Å²) in [5.41, 5.74) is 1.87. The van der Waals surface area contributed by atoms with Crippen LogP contribution in [0.4, 0.5) is 0 Å². The van der Waals surface area contributed by atoms with Crippen molar-refractivity contribution in [1.82, 2.24) is 4.98 Å². The lowest BCUT2D eigenvalue weighted by atomic mass is 10.0. The molecule has 1 atom stereocenters. The summed E-state index contributed by atoms with van der Waals surface area (Å²) in [5, 5.41) is 3.15. The molecule has 1 aromatic carbocycles. The predicted octanol–water partition coefficient (Wildman–Crippen LogP) is 5.23. The van der Waals surface area contributed by atoms with Gasteiger partial charge in [0, 0.05) is 22.0 Å². The van der Waals surface area contributed by atoms with Gasteiger partial charge in [0.2, 0.25) is 0 Å². The lowest BCUT2D eigenvalue weighted by Crippen LogP contribution is -2.24. The van der Waals surface area contributed by atoms with Crippen molar-refractivity contribution in [2.75, 3.05) is 6.61 Å². The maximum atomic E-state index is 5.88. The van der Waals surface area contributed by atoms with Gasteiger partial charge in [0.15, 0.2) is 0 Å². The molecule has 0 bridgehead atoms. The second kappa shape index (κ2) is 6.16. The molecule has 2 nitrogen and oxygen atoms in total. The lowest BCUT2D eigenvalue weighted by Gasteiger charge is -2.25. The molecule has 4 heteroatoms. The third-order valence-electron chi connectivity index (χ3n) is 3.21. The van der Waals surface area contributed by atoms with Gasteiger partial charge in [-0.05, 0) is 32.4 Å². The van der Waals surface area contributed by atoms with Gasteiger partial charge < -0.3 is 4.74 Å². The predicted molar refractivity (Wildman–Crippen MR) is 84.5 cm³/mol. The summed E-state index contributed by atoms with van der Waals surface area (Å²) >= 11 is 5.17. The number of halogens is 1. The Balaban J connectivity index is 2.33. The minimum atomic E-state index is -0.274. The van der Waals surface area contributed by atoms with E-state index in [4.69, 9.17) is 9.72 Å². The molecule has 0 saturated heterocycles. The van der Waals surface area contributed by atoms with Crippen LogP contribution in [0.25, 0.3) is 11.3 Å². The zero-order chi connectivity index (χ0) is 13.9. The van der Waals surface area contributed by atoms with Gasteiger partial charge in [-0.15, -0.1) is 11.3 Å². The Morgan fingerprint density at radius 2 is 2.16 bits per heavy atom. The average Bonchev–Trinajstić information content (AvgIpc) is 2.89. The monoisotopic (exact) mass is 339 g/mol. The highest BCUT2D eigenvalue weighted by Crippen LogP contribution is 2.34. The Hall–Kier alpha value is -0.710. The van der Waals surface area contributed by atoms with Gasteiger partial charge in [0.25, 0.3) is 0 Å². The number of benzene rings is 1. The first-order valence-electron chi connectivity index (χ1n) is 6.45. The van der Waals surface area contributed by atoms with E-state index in [1.165, 1.54) is 0 Å². The molecule has 0 amide bonds. The van der Waals surface area contributed by atoms with Gasteiger partial charge in [0.1, 0.15) is 10.6 Å². The maximum Gasteiger partial charge on any atom is 0.125 e. The summed E-state index contributed by atoms with van der Waals surface area (Å²) in [5.74, 6) is 0. The van der Waals surface area contributed by atoms with E-state index in [9.17, 15) is 0 Å². The Kier molecular flexibility index (Phi) is 4.76. The molecular formula is C15H18BrNOS. The van der Waals surface area contributed by atoms with E-state index in [-0.39, 0.29) is 5.60 Å². The van der Waals surface area contributed by atoms with Crippen LogP contribution >= 0.6 is 27.3 Å². The molecule has 19 heavy (non-hydrogen) atoms. The van der Waals surface area contributed by atoms with Gasteiger partial charge in [-0.25, -0.2) is 4.98 Å². The normalized spacial score (nSPS) is 14.3. The van der Waals surface area contributed by atoms with E-state index >= 15 is 0 Å². The fourth-order valence-corrected chi connectivity index (χ4v) is 3.35. The Bertz CT molecular complexity index is 555. The Labute approximate surface area is 127 Å². The molecule has 0 fully saturated rings. The number of ether oxygens (including phenoxy) is 1. The number of hydrogen-bond acceptors (Lipinski definition) is 3. The molecule has 2 rings (SSSR count). The minimum absolute atomic E-state index is 0.274. The second-order valence-electron chi connectivity index (χ2n) is 4.57. The molecule has 0 spiro atoms. The number of thiazole rings is 1. The van der Waals surface area contributed by atoms with Crippen LogP contribution in [0.15, 0.2) is 34.1 Å². The van der Waals surface area contributed by atoms with E-state index in [1.807, 2.05) is 19.1 Å². The number of nitrogens with zero attached hydrogens (tertiary/aromatic N) is 1. The Morgan fingerprint density at radius 1 is 1.37 bits per heavy atom. The van der Waals surface area contributed by atoms with Crippen molar-refractivity contribution in [3.8, 4) is 11.3 Å². The lowest BCUT2D eigenvalue weighted by molar-refractivity contribution is -0.0324. The largest absolute Gasteiger partial charge is 0.368 e. The minimum Gasteiger partial charge on any atom is -0.368 e. The first kappa shape index (κ1) is 14.7. The molecular weight excluding hydrogens is 322 g/mol. The molecule has 0 N–H and O–H groups in total. The molecule has 0 saturated carbocycles. The van der Waals surface area contributed by atoms with Crippen LogP contribution in [0.2, 0.25) is 0 Å². The molecule has 102 valence electrons. The van der Waals surface area contributed by atoms with E-state index < -0.39 is 0 Å². The zero-order valence-electron chi connectivity index (χ0n) is 11.4. The molecule has 0 aliphatic carbocycles. The summed E-state index contributed by atoms with van der Waals surface area (Å²) in [6, 6.07) is 8.21. The van der Waals surface area contributed by atoms with E-state index in [0.29, 0.717) is 6.61 Å². The van der Waals surface area contributed by atoms with Crippen molar-refractivity contribution in [2.24, 2.45) is 0 Å². The molecule has 1 aromatic heterocycles. The van der Waals surface area contributed by atoms with Crippen molar-refractivity contribution in [3.63, 3.8) is 0 Å². The summed E-state index contributed by atoms with van der Waals surface area (Å²) in [6.45, 7) is 6.97. The van der Waals surface area contributed by atoms with Crippen LogP contribution in [0.5, 0.6) is 0 Å². The summed E-state index contributed by atoms with van der Waals surface area (Å²) in [6.07, 6.45) is 0.923. The van der Waals surface area contributed by atoms with Crippen LogP contribution in [0.1, 0.15) is 32.2 Å². The van der Waals surface area contributed by atoms with E-state index in [1.54, 1.807) is 11.3 Å². The highest BCUT2D eigenvalue weighted by Gasteiger charge is 2.28. The van der Waals surface area contributed by atoms with Gasteiger partial charge in [0.05, 0.1) is 5.69 Å². The third-order valence-corrected chi connectivity index (χ3v) is 4.80. The molecule has 2 aromatic rings. The van der Waals surface area contributed by atoms with Crippen LogP contribution in [0.3, 0.4) is 0 Å². The van der Waals surface area contributed by atoms with Gasteiger partial charge in [-0.2, -0.15) is 0 Å². The Morgan fingerprint density at radius 3 is 2.79 bits per heavy atom. The van der Waals surface area contributed by atoms with E-state index in [0.717, 1.165) is 27.2 Å². The maximum absolute atomic E-state index is 5.88.